The molecule has 0 unspecified atom stereocenters. The molecule has 0 N–H and O–H groups in total. The van der Waals surface area contributed by atoms with Crippen molar-refractivity contribution in [1.82, 2.24) is 0 Å². The molecule has 0 aliphatic rings. The van der Waals surface area contributed by atoms with Gasteiger partial charge in [-0.1, -0.05) is 17.5 Å². The van der Waals surface area contributed by atoms with Gasteiger partial charge in [-0.2, -0.15) is 0 Å². The number of rotatable bonds is 6. The second-order valence-electron chi connectivity index (χ2n) is 4.55. The molecule has 0 aliphatic carbocycles. The van der Waals surface area contributed by atoms with Crippen molar-refractivity contribution in [3.8, 4) is 18.1 Å². The number of carbonyl (C=O) groups excluding carboxylic acids is 1. The molecule has 2 aromatic rings. The molecule has 0 saturated carbocycles. The van der Waals surface area contributed by atoms with E-state index >= 15 is 0 Å². The molecule has 5 heteroatoms. The summed E-state index contributed by atoms with van der Waals surface area (Å²) in [6, 6.07) is 12.7. The molecule has 0 bridgehead atoms. The Morgan fingerprint density at radius 2 is 2.00 bits per heavy atom. The van der Waals surface area contributed by atoms with E-state index < -0.39 is 0 Å². The highest BCUT2D eigenvalue weighted by atomic mass is 35.5. The van der Waals surface area contributed by atoms with Crippen molar-refractivity contribution < 1.29 is 14.3 Å². The monoisotopic (exact) mass is 346 g/mol. The molecular weight excluding hydrogens is 332 g/mol. The Balaban J connectivity index is 2.20. The van der Waals surface area contributed by atoms with E-state index in [1.807, 2.05) is 24.3 Å². The zero-order valence-electron chi connectivity index (χ0n) is 12.5. The predicted octanol–water partition coefficient (Wildman–Crippen LogP) is 4.43. The first kappa shape index (κ1) is 17.3. The molecule has 2 rings (SSSR count). The van der Waals surface area contributed by atoms with E-state index in [0.717, 1.165) is 10.5 Å². The van der Waals surface area contributed by atoms with Crippen LogP contribution in [0.5, 0.6) is 5.75 Å². The van der Waals surface area contributed by atoms with Gasteiger partial charge in [0.05, 0.1) is 12.7 Å². The van der Waals surface area contributed by atoms with Crippen molar-refractivity contribution in [2.75, 3.05) is 13.7 Å². The first-order chi connectivity index (χ1) is 11.1. The van der Waals surface area contributed by atoms with Crippen molar-refractivity contribution in [3.63, 3.8) is 0 Å². The zero-order valence-corrected chi connectivity index (χ0v) is 14.1. The van der Waals surface area contributed by atoms with Crippen LogP contribution in [0.25, 0.3) is 0 Å². The normalized spacial score (nSPS) is 9.96. The Morgan fingerprint density at radius 3 is 2.65 bits per heavy atom. The van der Waals surface area contributed by atoms with Crippen LogP contribution in [0, 0.1) is 12.3 Å². The average molecular weight is 347 g/mol. The van der Waals surface area contributed by atoms with Crippen molar-refractivity contribution in [1.29, 1.82) is 0 Å². The van der Waals surface area contributed by atoms with E-state index in [4.69, 9.17) is 27.5 Å². The maximum atomic E-state index is 11.7. The lowest BCUT2D eigenvalue weighted by molar-refractivity contribution is 0.0600. The molecular formula is C18H15ClO3S. The lowest BCUT2D eigenvalue weighted by Crippen LogP contribution is -2.04. The predicted molar refractivity (Wildman–Crippen MR) is 93.1 cm³/mol. The van der Waals surface area contributed by atoms with Gasteiger partial charge in [-0.25, -0.2) is 4.79 Å². The van der Waals surface area contributed by atoms with Crippen molar-refractivity contribution >= 4 is 29.3 Å². The molecule has 118 valence electrons. The molecule has 0 aromatic heterocycles. The molecule has 23 heavy (non-hydrogen) atoms. The average Bonchev–Trinajstić information content (AvgIpc) is 2.59. The fraction of sp³-hybridized carbons (Fsp3) is 0.167. The van der Waals surface area contributed by atoms with Gasteiger partial charge in [0.1, 0.15) is 12.4 Å². The summed E-state index contributed by atoms with van der Waals surface area (Å²) in [5.74, 6) is 3.35. The second kappa shape index (κ2) is 8.52. The molecule has 0 aliphatic heterocycles. The highest BCUT2D eigenvalue weighted by Crippen LogP contribution is 2.29. The summed E-state index contributed by atoms with van der Waals surface area (Å²) in [7, 11) is 1.35. The van der Waals surface area contributed by atoms with Gasteiger partial charge in [-0.15, -0.1) is 18.2 Å². The van der Waals surface area contributed by atoms with Crippen LogP contribution in [0.1, 0.15) is 15.9 Å². The molecule has 0 saturated heterocycles. The highest BCUT2D eigenvalue weighted by molar-refractivity contribution is 7.98. The van der Waals surface area contributed by atoms with Crippen LogP contribution in [0.3, 0.4) is 0 Å². The van der Waals surface area contributed by atoms with Gasteiger partial charge < -0.3 is 9.47 Å². The summed E-state index contributed by atoms with van der Waals surface area (Å²) in [6.07, 6.45) is 5.24. The number of hydrogen-bond acceptors (Lipinski definition) is 4. The third kappa shape index (κ3) is 4.95. The summed E-state index contributed by atoms with van der Waals surface area (Å²) in [5.41, 5.74) is 1.36. The standard InChI is InChI=1S/C18H15ClO3S/c1-3-10-22-17-9-4-13(18(20)21-2)11-14(17)12-23-16-7-5-15(19)6-8-16/h1,4-9,11H,10,12H2,2H3. The van der Waals surface area contributed by atoms with Crippen molar-refractivity contribution in [2.24, 2.45) is 0 Å². The number of thioether (sulfide) groups is 1. The number of hydrogen-bond donors (Lipinski definition) is 0. The van der Waals surface area contributed by atoms with Gasteiger partial charge in [0.15, 0.2) is 0 Å². The van der Waals surface area contributed by atoms with E-state index in [1.54, 1.807) is 30.0 Å². The van der Waals surface area contributed by atoms with E-state index in [1.165, 1.54) is 7.11 Å². The van der Waals surface area contributed by atoms with E-state index in [0.29, 0.717) is 22.1 Å². The fourth-order valence-electron chi connectivity index (χ4n) is 1.89. The summed E-state index contributed by atoms with van der Waals surface area (Å²) >= 11 is 7.50. The molecule has 3 nitrogen and oxygen atoms in total. The minimum atomic E-state index is -0.383. The van der Waals surface area contributed by atoms with Gasteiger partial charge in [-0.3, -0.25) is 0 Å². The van der Waals surface area contributed by atoms with Crippen LogP contribution in [0.4, 0.5) is 0 Å². The summed E-state index contributed by atoms with van der Waals surface area (Å²) in [4.78, 5) is 12.8. The Bertz CT molecular complexity index is 720. The van der Waals surface area contributed by atoms with Crippen LogP contribution in [-0.2, 0) is 10.5 Å². The van der Waals surface area contributed by atoms with Crippen LogP contribution in [0.15, 0.2) is 47.4 Å². The molecule has 0 radical (unpaired) electrons. The minimum absolute atomic E-state index is 0.177. The summed E-state index contributed by atoms with van der Waals surface area (Å²) in [5, 5.41) is 0.695. The Morgan fingerprint density at radius 1 is 1.26 bits per heavy atom. The Hall–Kier alpha value is -2.09. The van der Waals surface area contributed by atoms with Gasteiger partial charge in [0.2, 0.25) is 0 Å². The molecule has 0 heterocycles. The van der Waals surface area contributed by atoms with Crippen LogP contribution < -0.4 is 4.74 Å². The topological polar surface area (TPSA) is 35.5 Å². The number of halogens is 1. The maximum absolute atomic E-state index is 11.7. The van der Waals surface area contributed by atoms with Gasteiger partial charge in [-0.05, 0) is 42.5 Å². The van der Waals surface area contributed by atoms with E-state index in [9.17, 15) is 4.79 Å². The lowest BCUT2D eigenvalue weighted by atomic mass is 10.1. The van der Waals surface area contributed by atoms with E-state index in [2.05, 4.69) is 5.92 Å². The Kier molecular flexibility index (Phi) is 6.40. The third-order valence-electron chi connectivity index (χ3n) is 3.00. The lowest BCUT2D eigenvalue weighted by Gasteiger charge is -2.11. The number of esters is 1. The Labute approximate surface area is 144 Å². The number of ether oxygens (including phenoxy) is 2. The van der Waals surface area contributed by atoms with Crippen LogP contribution in [0.2, 0.25) is 5.02 Å². The zero-order chi connectivity index (χ0) is 16.7. The second-order valence-corrected chi connectivity index (χ2v) is 6.03. The molecule has 2 aromatic carbocycles. The molecule has 0 atom stereocenters. The fourth-order valence-corrected chi connectivity index (χ4v) is 2.89. The number of terminal acetylenes is 1. The van der Waals surface area contributed by atoms with Crippen LogP contribution in [-0.4, -0.2) is 19.7 Å². The quantitative estimate of drug-likeness (QED) is 0.440. The van der Waals surface area contributed by atoms with Gasteiger partial charge in [0.25, 0.3) is 0 Å². The molecule has 0 amide bonds. The minimum Gasteiger partial charge on any atom is -0.481 e. The van der Waals surface area contributed by atoms with Crippen molar-refractivity contribution in [3.05, 3.63) is 58.6 Å². The first-order valence-electron chi connectivity index (χ1n) is 6.80. The summed E-state index contributed by atoms with van der Waals surface area (Å²) < 4.78 is 10.3. The molecule has 0 spiro atoms. The first-order valence-corrected chi connectivity index (χ1v) is 8.16. The van der Waals surface area contributed by atoms with Crippen LogP contribution >= 0.6 is 23.4 Å². The largest absolute Gasteiger partial charge is 0.481 e. The van der Waals surface area contributed by atoms with Gasteiger partial charge in [0, 0.05) is 21.2 Å². The third-order valence-corrected chi connectivity index (χ3v) is 4.31. The number of methoxy groups -OCH3 is 1. The van der Waals surface area contributed by atoms with E-state index in [-0.39, 0.29) is 12.6 Å². The van der Waals surface area contributed by atoms with Crippen molar-refractivity contribution in [2.45, 2.75) is 10.6 Å². The number of carbonyl (C=O) groups is 1. The summed E-state index contributed by atoms with van der Waals surface area (Å²) in [6.45, 7) is 0.177. The smallest absolute Gasteiger partial charge is 0.337 e. The maximum Gasteiger partial charge on any atom is 0.337 e. The number of benzene rings is 2. The molecule has 0 fully saturated rings. The SMILES string of the molecule is C#CCOc1ccc(C(=O)OC)cc1CSc1ccc(Cl)cc1. The highest BCUT2D eigenvalue weighted by Gasteiger charge is 2.11. The van der Waals surface area contributed by atoms with Gasteiger partial charge >= 0.3 is 5.97 Å².